The molecule has 0 saturated carbocycles. The average molecular weight is 245 g/mol. The van der Waals surface area contributed by atoms with Crippen LogP contribution in [-0.2, 0) is 0 Å². The van der Waals surface area contributed by atoms with E-state index in [0.29, 0.717) is 5.56 Å². The van der Waals surface area contributed by atoms with E-state index in [0.717, 1.165) is 5.01 Å². The lowest BCUT2D eigenvalue weighted by molar-refractivity contribution is 0.0942. The smallest absolute Gasteiger partial charge is 0.214 e. The van der Waals surface area contributed by atoms with E-state index in [-0.39, 0.29) is 22.7 Å². The van der Waals surface area contributed by atoms with E-state index in [1.807, 2.05) is 0 Å². The molecule has 1 N–H and O–H groups in total. The van der Waals surface area contributed by atoms with Crippen molar-refractivity contribution in [1.82, 2.24) is 10.3 Å². The molecule has 18 heavy (non-hydrogen) atoms. The van der Waals surface area contributed by atoms with Crippen LogP contribution in [0.25, 0.3) is 0 Å². The molecule has 0 aliphatic heterocycles. The van der Waals surface area contributed by atoms with Crippen molar-refractivity contribution in [3.63, 3.8) is 0 Å². The van der Waals surface area contributed by atoms with Crippen LogP contribution in [0.4, 0.5) is 0 Å². The number of carbonyl (C=O) groups excluding carboxylic acids is 2. The highest BCUT2D eigenvalue weighted by Gasteiger charge is 2.34. The van der Waals surface area contributed by atoms with E-state index in [4.69, 9.17) is 0 Å². The molecule has 1 aromatic carbocycles. The molecule has 0 spiro atoms. The zero-order valence-electron chi connectivity index (χ0n) is 9.93. The minimum absolute atomic E-state index is 0.0313. The summed E-state index contributed by atoms with van der Waals surface area (Å²) in [5.74, 6) is -0.713. The second kappa shape index (κ2) is 4.40. The minimum atomic E-state index is -0.392. The third-order valence-electron chi connectivity index (χ3n) is 2.79. The summed E-state index contributed by atoms with van der Waals surface area (Å²) >= 11 is 0. The first-order valence-corrected chi connectivity index (χ1v) is 5.29. The maximum atomic E-state index is 12.2. The molecule has 6 nitrogen and oxygen atoms in total. The van der Waals surface area contributed by atoms with Gasteiger partial charge >= 0.3 is 0 Å². The number of rotatable bonds is 3. The molecule has 92 valence electrons. The predicted molar refractivity (Wildman–Crippen MR) is 64.7 cm³/mol. The minimum Gasteiger partial charge on any atom is -0.383 e. The lowest BCUT2D eigenvalue weighted by Crippen LogP contribution is -2.33. The van der Waals surface area contributed by atoms with Crippen molar-refractivity contribution in [2.45, 2.75) is 0 Å². The number of ketones is 2. The van der Waals surface area contributed by atoms with Crippen LogP contribution in [0.3, 0.4) is 0 Å². The number of Topliss-reactive ketones (excluding diaryl/α,β-unsaturated/α-hetero) is 2. The molecule has 0 fully saturated rings. The first-order valence-electron chi connectivity index (χ1n) is 5.29. The van der Waals surface area contributed by atoms with Crippen LogP contribution in [0.15, 0.2) is 40.9 Å². The Hall–Kier alpha value is -2.50. The highest BCUT2D eigenvalue weighted by atomic mass is 16.3. The number of nitroso groups, excluding NO2 is 1. The number of likely N-dealkylation sites (N-methyl/N-ethyl adjacent to an activating group) is 2. The number of hydrogen-bond acceptors (Lipinski definition) is 5. The van der Waals surface area contributed by atoms with Gasteiger partial charge in [-0.15, -0.1) is 4.91 Å². The quantitative estimate of drug-likeness (QED) is 0.637. The fourth-order valence-electron chi connectivity index (χ4n) is 1.94. The largest absolute Gasteiger partial charge is 0.383 e. The van der Waals surface area contributed by atoms with Gasteiger partial charge in [0.05, 0.1) is 5.29 Å². The van der Waals surface area contributed by atoms with E-state index in [9.17, 15) is 14.5 Å². The molecule has 0 bridgehead atoms. The number of fused-ring (bicyclic) bond motifs is 1. The van der Waals surface area contributed by atoms with E-state index >= 15 is 0 Å². The van der Waals surface area contributed by atoms with Crippen molar-refractivity contribution >= 4 is 11.6 Å². The highest BCUT2D eigenvalue weighted by Crippen LogP contribution is 2.26. The van der Waals surface area contributed by atoms with Crippen molar-refractivity contribution < 1.29 is 9.59 Å². The SMILES string of the molecule is CNC1=C(N(C)N=O)C(=O)c2ccccc2C1=O. The van der Waals surface area contributed by atoms with Crippen LogP contribution in [0.2, 0.25) is 0 Å². The Morgan fingerprint density at radius 3 is 2.17 bits per heavy atom. The monoisotopic (exact) mass is 245 g/mol. The number of carbonyl (C=O) groups is 2. The number of benzene rings is 1. The lowest BCUT2D eigenvalue weighted by Gasteiger charge is -2.23. The van der Waals surface area contributed by atoms with Gasteiger partial charge < -0.3 is 5.32 Å². The van der Waals surface area contributed by atoms with Crippen molar-refractivity contribution in [3.8, 4) is 0 Å². The number of allylic oxidation sites excluding steroid dienone is 2. The summed E-state index contributed by atoms with van der Waals surface area (Å²) in [7, 11) is 2.85. The van der Waals surface area contributed by atoms with Crippen LogP contribution >= 0.6 is 0 Å². The first-order chi connectivity index (χ1) is 8.61. The Bertz CT molecular complexity index is 578. The summed E-state index contributed by atoms with van der Waals surface area (Å²) in [6, 6.07) is 6.49. The van der Waals surface area contributed by atoms with Crippen molar-refractivity contribution in [2.75, 3.05) is 14.1 Å². The zero-order chi connectivity index (χ0) is 13.3. The molecule has 6 heteroatoms. The highest BCUT2D eigenvalue weighted by molar-refractivity contribution is 6.26. The first kappa shape index (κ1) is 12.0. The normalized spacial score (nSPS) is 14.3. The summed E-state index contributed by atoms with van der Waals surface area (Å²) in [6.07, 6.45) is 0. The van der Waals surface area contributed by atoms with Gasteiger partial charge in [0.1, 0.15) is 11.4 Å². The Morgan fingerprint density at radius 2 is 1.67 bits per heavy atom. The maximum absolute atomic E-state index is 12.2. The molecule has 1 aliphatic rings. The van der Waals surface area contributed by atoms with Crippen LogP contribution in [0.5, 0.6) is 0 Å². The molecule has 1 aliphatic carbocycles. The van der Waals surface area contributed by atoms with E-state index in [2.05, 4.69) is 10.6 Å². The number of hydrogen-bond donors (Lipinski definition) is 1. The summed E-state index contributed by atoms with van der Waals surface area (Å²) in [5.41, 5.74) is 0.666. The van der Waals surface area contributed by atoms with Gasteiger partial charge in [-0.1, -0.05) is 24.3 Å². The molecule has 0 amide bonds. The summed E-state index contributed by atoms with van der Waals surface area (Å²) in [5, 5.41) is 6.20. The molecule has 0 atom stereocenters. The summed E-state index contributed by atoms with van der Waals surface area (Å²) in [6.45, 7) is 0. The molecule has 1 aromatic rings. The van der Waals surface area contributed by atoms with Crippen molar-refractivity contribution in [1.29, 1.82) is 0 Å². The maximum Gasteiger partial charge on any atom is 0.214 e. The average Bonchev–Trinajstić information content (AvgIpc) is 2.41. The second-order valence-corrected chi connectivity index (χ2v) is 3.78. The molecule has 0 heterocycles. The predicted octanol–water partition coefficient (Wildman–Crippen LogP) is 1.11. The van der Waals surface area contributed by atoms with Gasteiger partial charge in [-0.2, -0.15) is 0 Å². The Morgan fingerprint density at radius 1 is 1.11 bits per heavy atom. The van der Waals surface area contributed by atoms with Gasteiger partial charge in [0.2, 0.25) is 11.6 Å². The van der Waals surface area contributed by atoms with E-state index in [1.54, 1.807) is 24.3 Å². The summed E-state index contributed by atoms with van der Waals surface area (Å²) in [4.78, 5) is 35.0. The Balaban J connectivity index is 2.68. The molecule has 2 rings (SSSR count). The van der Waals surface area contributed by atoms with Gasteiger partial charge in [-0.25, -0.2) is 5.01 Å². The Labute approximate surface area is 103 Å². The van der Waals surface area contributed by atoms with E-state index in [1.165, 1.54) is 14.1 Å². The van der Waals surface area contributed by atoms with Gasteiger partial charge in [-0.05, 0) is 0 Å². The topological polar surface area (TPSA) is 78.8 Å². The fourth-order valence-corrected chi connectivity index (χ4v) is 1.94. The van der Waals surface area contributed by atoms with Gasteiger partial charge in [0.25, 0.3) is 0 Å². The van der Waals surface area contributed by atoms with Gasteiger partial charge in [0.15, 0.2) is 0 Å². The molecule has 0 saturated heterocycles. The van der Waals surface area contributed by atoms with Crippen LogP contribution in [0.1, 0.15) is 20.7 Å². The van der Waals surface area contributed by atoms with Crippen molar-refractivity contribution in [3.05, 3.63) is 51.7 Å². The molecule has 0 unspecified atom stereocenters. The van der Waals surface area contributed by atoms with E-state index < -0.39 is 5.78 Å². The Kier molecular flexibility index (Phi) is 2.93. The molecular weight excluding hydrogens is 234 g/mol. The van der Waals surface area contributed by atoms with Crippen molar-refractivity contribution in [2.24, 2.45) is 5.29 Å². The number of nitrogens with one attached hydrogen (secondary N) is 1. The second-order valence-electron chi connectivity index (χ2n) is 3.78. The summed E-state index contributed by atoms with van der Waals surface area (Å²) < 4.78 is 0. The molecular formula is C12H11N3O3. The lowest BCUT2D eigenvalue weighted by atomic mass is 9.90. The van der Waals surface area contributed by atoms with Crippen LogP contribution < -0.4 is 5.32 Å². The number of nitrogens with zero attached hydrogens (tertiary/aromatic N) is 2. The standard InChI is InChI=1S/C12H11N3O3/c1-13-9-10(15(2)14-18)12(17)8-6-4-3-5-7(8)11(9)16/h3-6,13H,1-2H3. The molecule has 0 radical (unpaired) electrons. The van der Waals surface area contributed by atoms with Gasteiger partial charge in [-0.3, -0.25) is 9.59 Å². The van der Waals surface area contributed by atoms with Gasteiger partial charge in [0, 0.05) is 25.2 Å². The molecule has 0 aromatic heterocycles. The third-order valence-corrected chi connectivity index (χ3v) is 2.79. The van der Waals surface area contributed by atoms with Crippen LogP contribution in [0, 0.1) is 4.91 Å². The fraction of sp³-hybridized carbons (Fsp3) is 0.167. The zero-order valence-corrected chi connectivity index (χ0v) is 9.93. The van der Waals surface area contributed by atoms with Crippen LogP contribution in [-0.4, -0.2) is 30.7 Å². The third kappa shape index (κ3) is 1.58.